The number of rotatable bonds is 4. The Bertz CT molecular complexity index is 1150. The summed E-state index contributed by atoms with van der Waals surface area (Å²) < 4.78 is 5.14. The molecule has 2 heterocycles. The maximum atomic E-state index is 13.0. The van der Waals surface area contributed by atoms with E-state index in [-0.39, 0.29) is 16.4 Å². The topological polar surface area (TPSA) is 79.7 Å². The summed E-state index contributed by atoms with van der Waals surface area (Å²) in [6.45, 7) is 0. The Labute approximate surface area is 178 Å². The van der Waals surface area contributed by atoms with Gasteiger partial charge >= 0.3 is 5.91 Å². The van der Waals surface area contributed by atoms with Gasteiger partial charge in [-0.15, -0.1) is 0 Å². The number of hydrogen-bond acceptors (Lipinski definition) is 5. The van der Waals surface area contributed by atoms with E-state index in [9.17, 15) is 14.7 Å². The molecule has 7 heteroatoms. The molecular weight excluding hydrogens is 404 g/mol. The van der Waals surface area contributed by atoms with Gasteiger partial charge in [-0.25, -0.2) is 4.98 Å². The van der Waals surface area contributed by atoms with Crippen LogP contribution in [0.2, 0.25) is 5.02 Å². The Kier molecular flexibility index (Phi) is 5.25. The van der Waals surface area contributed by atoms with Gasteiger partial charge in [0.25, 0.3) is 5.78 Å². The van der Waals surface area contributed by atoms with Crippen molar-refractivity contribution in [3.8, 4) is 5.75 Å². The number of methoxy groups -OCH3 is 1. The third-order valence-electron chi connectivity index (χ3n) is 4.88. The molecule has 1 fully saturated rings. The number of benzene rings is 2. The van der Waals surface area contributed by atoms with Crippen molar-refractivity contribution in [2.45, 2.75) is 6.04 Å². The highest BCUT2D eigenvalue weighted by Crippen LogP contribution is 2.42. The van der Waals surface area contributed by atoms with Gasteiger partial charge in [-0.1, -0.05) is 48.0 Å². The molecule has 2 aromatic carbocycles. The van der Waals surface area contributed by atoms with Crippen molar-refractivity contribution in [2.24, 2.45) is 0 Å². The zero-order valence-corrected chi connectivity index (χ0v) is 16.7. The molecule has 30 heavy (non-hydrogen) atoms. The molecule has 1 aromatic heterocycles. The van der Waals surface area contributed by atoms with Crippen LogP contribution in [0, 0.1) is 0 Å². The van der Waals surface area contributed by atoms with Crippen LogP contribution in [0.5, 0.6) is 5.75 Å². The lowest BCUT2D eigenvalue weighted by atomic mass is 9.95. The first-order valence-corrected chi connectivity index (χ1v) is 9.51. The Hall–Kier alpha value is -3.64. The zero-order valence-electron chi connectivity index (χ0n) is 15.9. The van der Waals surface area contributed by atoms with E-state index < -0.39 is 17.7 Å². The van der Waals surface area contributed by atoms with Gasteiger partial charge in [-0.2, -0.15) is 0 Å². The van der Waals surface area contributed by atoms with E-state index in [1.54, 1.807) is 60.8 Å². The number of hydrogen-bond donors (Lipinski definition) is 1. The van der Waals surface area contributed by atoms with Crippen molar-refractivity contribution in [1.29, 1.82) is 0 Å². The molecule has 1 aliphatic rings. The van der Waals surface area contributed by atoms with Gasteiger partial charge in [0.2, 0.25) is 0 Å². The lowest BCUT2D eigenvalue weighted by molar-refractivity contribution is -0.132. The van der Waals surface area contributed by atoms with Crippen LogP contribution in [0.25, 0.3) is 5.76 Å². The monoisotopic (exact) mass is 420 g/mol. The molecule has 0 bridgehead atoms. The number of halogens is 1. The average molecular weight is 421 g/mol. The number of anilines is 1. The van der Waals surface area contributed by atoms with Crippen LogP contribution in [0.4, 0.5) is 5.82 Å². The number of amides is 1. The van der Waals surface area contributed by atoms with Gasteiger partial charge < -0.3 is 9.84 Å². The normalized spacial score (nSPS) is 17.9. The van der Waals surface area contributed by atoms with Crippen LogP contribution in [0.3, 0.4) is 0 Å². The molecule has 0 saturated carbocycles. The van der Waals surface area contributed by atoms with Crippen LogP contribution < -0.4 is 9.64 Å². The number of carbonyl (C=O) groups excluding carboxylic acids is 2. The second-order valence-electron chi connectivity index (χ2n) is 6.62. The summed E-state index contributed by atoms with van der Waals surface area (Å²) in [5.74, 6) is -1.12. The van der Waals surface area contributed by atoms with Gasteiger partial charge in [0, 0.05) is 11.8 Å². The summed E-state index contributed by atoms with van der Waals surface area (Å²) in [6.07, 6.45) is 1.54. The van der Waals surface area contributed by atoms with Gasteiger partial charge in [0.05, 0.1) is 23.7 Å². The summed E-state index contributed by atoms with van der Waals surface area (Å²) >= 11 is 6.19. The summed E-state index contributed by atoms with van der Waals surface area (Å²) in [7, 11) is 1.48. The first kappa shape index (κ1) is 19.7. The quantitative estimate of drug-likeness (QED) is 0.385. The SMILES string of the molecule is COc1ccc(C(O)=C2C(=O)C(=O)N(c3ccccn3)[C@@H]2c2ccccc2)cc1Cl. The number of nitrogens with zero attached hydrogens (tertiary/aromatic N) is 2. The molecule has 6 nitrogen and oxygen atoms in total. The smallest absolute Gasteiger partial charge is 0.301 e. The van der Waals surface area contributed by atoms with Crippen LogP contribution in [-0.2, 0) is 9.59 Å². The molecule has 4 rings (SSSR count). The van der Waals surface area contributed by atoms with E-state index in [1.807, 2.05) is 6.07 Å². The third kappa shape index (κ3) is 3.31. The van der Waals surface area contributed by atoms with Crippen molar-refractivity contribution >= 4 is 34.9 Å². The summed E-state index contributed by atoms with van der Waals surface area (Å²) in [5.41, 5.74) is 0.947. The highest BCUT2D eigenvalue weighted by Gasteiger charge is 2.47. The third-order valence-corrected chi connectivity index (χ3v) is 5.18. The van der Waals surface area contributed by atoms with E-state index in [0.717, 1.165) is 0 Å². The van der Waals surface area contributed by atoms with Crippen molar-refractivity contribution in [3.63, 3.8) is 0 Å². The fourth-order valence-electron chi connectivity index (χ4n) is 3.48. The predicted octanol–water partition coefficient (Wildman–Crippen LogP) is 4.37. The molecule has 1 atom stereocenters. The highest BCUT2D eigenvalue weighted by molar-refractivity contribution is 6.51. The maximum Gasteiger partial charge on any atom is 0.301 e. The van der Waals surface area contributed by atoms with Gasteiger partial charge in [-0.05, 0) is 35.9 Å². The minimum absolute atomic E-state index is 0.0295. The number of ether oxygens (including phenoxy) is 1. The minimum atomic E-state index is -0.832. The van der Waals surface area contributed by atoms with Crippen molar-refractivity contribution in [1.82, 2.24) is 4.98 Å². The largest absolute Gasteiger partial charge is 0.507 e. The van der Waals surface area contributed by atoms with Crippen LogP contribution in [0.15, 0.2) is 78.5 Å². The molecule has 1 aliphatic heterocycles. The highest BCUT2D eigenvalue weighted by atomic mass is 35.5. The van der Waals surface area contributed by atoms with Crippen LogP contribution in [-0.4, -0.2) is 28.9 Å². The summed E-state index contributed by atoms with van der Waals surface area (Å²) in [5, 5.41) is 11.3. The first-order valence-electron chi connectivity index (χ1n) is 9.14. The van der Waals surface area contributed by atoms with Crippen molar-refractivity contribution in [3.05, 3.63) is 94.6 Å². The first-order chi connectivity index (χ1) is 14.5. The molecule has 150 valence electrons. The van der Waals surface area contributed by atoms with Gasteiger partial charge in [-0.3, -0.25) is 14.5 Å². The number of aromatic nitrogens is 1. The predicted molar refractivity (Wildman–Crippen MR) is 113 cm³/mol. The van der Waals surface area contributed by atoms with E-state index >= 15 is 0 Å². The van der Waals surface area contributed by atoms with E-state index in [0.29, 0.717) is 22.7 Å². The number of aliphatic hydroxyl groups excluding tert-OH is 1. The van der Waals surface area contributed by atoms with Gasteiger partial charge in [0.15, 0.2) is 0 Å². The Balaban J connectivity index is 1.93. The lowest BCUT2D eigenvalue weighted by Crippen LogP contribution is -2.30. The Morgan fingerprint density at radius 2 is 1.80 bits per heavy atom. The second-order valence-corrected chi connectivity index (χ2v) is 7.02. The number of ketones is 1. The fraction of sp³-hybridized carbons (Fsp3) is 0.0870. The molecule has 3 aromatic rings. The second kappa shape index (κ2) is 8.00. The average Bonchev–Trinajstić information content (AvgIpc) is 3.05. The van der Waals surface area contributed by atoms with Crippen molar-refractivity contribution < 1.29 is 19.4 Å². The number of carbonyl (C=O) groups is 2. The minimum Gasteiger partial charge on any atom is -0.507 e. The van der Waals surface area contributed by atoms with E-state index in [1.165, 1.54) is 18.1 Å². The van der Waals surface area contributed by atoms with E-state index in [2.05, 4.69) is 4.98 Å². The molecule has 0 aliphatic carbocycles. The fourth-order valence-corrected chi connectivity index (χ4v) is 3.74. The van der Waals surface area contributed by atoms with E-state index in [4.69, 9.17) is 16.3 Å². The Morgan fingerprint density at radius 1 is 1.07 bits per heavy atom. The van der Waals surface area contributed by atoms with Crippen LogP contribution in [0.1, 0.15) is 17.2 Å². The van der Waals surface area contributed by atoms with Crippen molar-refractivity contribution in [2.75, 3.05) is 12.0 Å². The Morgan fingerprint density at radius 3 is 2.43 bits per heavy atom. The molecule has 0 spiro atoms. The molecule has 1 N–H and O–H groups in total. The van der Waals surface area contributed by atoms with Gasteiger partial charge in [0.1, 0.15) is 17.3 Å². The number of aliphatic hydroxyl groups is 1. The maximum absolute atomic E-state index is 13.0. The molecular formula is C23H17ClN2O4. The molecule has 1 amide bonds. The number of Topliss-reactive ketones (excluding diaryl/α,β-unsaturated/α-hetero) is 1. The van der Waals surface area contributed by atoms with Crippen LogP contribution >= 0.6 is 11.6 Å². The summed E-state index contributed by atoms with van der Waals surface area (Å²) in [6, 6.07) is 17.9. The molecule has 1 saturated heterocycles. The lowest BCUT2D eigenvalue weighted by Gasteiger charge is -2.24. The zero-order chi connectivity index (χ0) is 21.3. The number of pyridine rings is 1. The molecule has 0 unspecified atom stereocenters. The molecule has 0 radical (unpaired) electrons. The summed E-state index contributed by atoms with van der Waals surface area (Å²) in [4.78, 5) is 31.5. The standard InChI is InChI=1S/C23H17ClN2O4/c1-30-17-11-10-15(13-16(17)24)21(27)19-20(14-7-3-2-4-8-14)26(23(29)22(19)28)18-9-5-6-12-25-18/h2-13,20,27H,1H3/t20-/m1/s1.